The van der Waals surface area contributed by atoms with Crippen LogP contribution in [0.4, 0.5) is 10.2 Å². The molecule has 0 saturated carbocycles. The van der Waals surface area contributed by atoms with Gasteiger partial charge in [0.05, 0.1) is 29.1 Å². The van der Waals surface area contributed by atoms with Crippen molar-refractivity contribution in [1.82, 2.24) is 19.7 Å². The minimum absolute atomic E-state index is 0.196. The van der Waals surface area contributed by atoms with Crippen LogP contribution in [0.2, 0.25) is 0 Å². The van der Waals surface area contributed by atoms with Gasteiger partial charge in [0.25, 0.3) is 5.56 Å². The first-order chi connectivity index (χ1) is 16.0. The lowest BCUT2D eigenvalue weighted by Crippen LogP contribution is -2.24. The lowest BCUT2D eigenvalue weighted by Gasteiger charge is -2.13. The summed E-state index contributed by atoms with van der Waals surface area (Å²) in [6, 6.07) is 19.4. The monoisotopic (exact) mass is 442 g/mol. The van der Waals surface area contributed by atoms with Gasteiger partial charge in [-0.15, -0.1) is 0 Å². The van der Waals surface area contributed by atoms with Crippen molar-refractivity contribution >= 4 is 16.6 Å². The molecule has 0 aliphatic carbocycles. The lowest BCUT2D eigenvalue weighted by molar-refractivity contribution is 0.425. The van der Waals surface area contributed by atoms with Gasteiger partial charge in [-0.05, 0) is 50.0 Å². The molecule has 2 heterocycles. The molecular formula is C25H23FN6O. The Morgan fingerprint density at radius 3 is 2.45 bits per heavy atom. The van der Waals surface area contributed by atoms with Crippen molar-refractivity contribution in [2.24, 2.45) is 0 Å². The number of aromatic nitrogens is 3. The molecule has 0 aliphatic rings. The van der Waals surface area contributed by atoms with Crippen molar-refractivity contribution in [2.45, 2.75) is 6.54 Å². The zero-order valence-corrected chi connectivity index (χ0v) is 18.4. The van der Waals surface area contributed by atoms with Crippen LogP contribution in [0, 0.1) is 17.3 Å². The second kappa shape index (κ2) is 9.59. The number of halogens is 1. The quantitative estimate of drug-likeness (QED) is 0.441. The molecule has 0 spiro atoms. The number of hydrogen-bond donors (Lipinski definition) is 1. The van der Waals surface area contributed by atoms with E-state index >= 15 is 4.39 Å². The third-order valence-electron chi connectivity index (χ3n) is 5.25. The Kier molecular flexibility index (Phi) is 6.43. The van der Waals surface area contributed by atoms with Gasteiger partial charge >= 0.3 is 0 Å². The van der Waals surface area contributed by atoms with E-state index in [1.165, 1.54) is 4.68 Å². The molecule has 0 aliphatic heterocycles. The van der Waals surface area contributed by atoms with Gasteiger partial charge in [-0.1, -0.05) is 30.3 Å². The summed E-state index contributed by atoms with van der Waals surface area (Å²) in [5.74, 6) is -0.223. The van der Waals surface area contributed by atoms with Crippen LogP contribution in [0.1, 0.15) is 11.1 Å². The van der Waals surface area contributed by atoms with Crippen LogP contribution in [0.3, 0.4) is 0 Å². The second-order valence-corrected chi connectivity index (χ2v) is 7.93. The third-order valence-corrected chi connectivity index (χ3v) is 5.25. The Labute approximate surface area is 190 Å². The van der Waals surface area contributed by atoms with Crippen molar-refractivity contribution in [3.63, 3.8) is 0 Å². The van der Waals surface area contributed by atoms with Crippen molar-refractivity contribution in [3.8, 4) is 17.3 Å². The van der Waals surface area contributed by atoms with Gasteiger partial charge in [-0.25, -0.2) is 9.67 Å². The average molecular weight is 442 g/mol. The van der Waals surface area contributed by atoms with Gasteiger partial charge in [0.15, 0.2) is 0 Å². The SMILES string of the molecule is CN(C)CCNc1ccc(-c2nn(Cc3ccc(C#N)cc3)c(=O)c3ccccc23)c(F)n1. The van der Waals surface area contributed by atoms with E-state index in [0.29, 0.717) is 34.4 Å². The molecule has 33 heavy (non-hydrogen) atoms. The van der Waals surface area contributed by atoms with Crippen molar-refractivity contribution < 1.29 is 4.39 Å². The normalized spacial score (nSPS) is 11.0. The highest BCUT2D eigenvalue weighted by Gasteiger charge is 2.17. The molecule has 166 valence electrons. The molecule has 4 rings (SSSR count). The van der Waals surface area contributed by atoms with E-state index in [0.717, 1.165) is 12.1 Å². The van der Waals surface area contributed by atoms with E-state index in [-0.39, 0.29) is 17.7 Å². The number of nitrogens with one attached hydrogen (secondary N) is 1. The first-order valence-electron chi connectivity index (χ1n) is 10.5. The van der Waals surface area contributed by atoms with Crippen LogP contribution < -0.4 is 10.9 Å². The smallest absolute Gasteiger partial charge is 0.274 e. The zero-order chi connectivity index (χ0) is 23.4. The van der Waals surface area contributed by atoms with E-state index in [1.54, 1.807) is 60.7 Å². The fourth-order valence-electron chi connectivity index (χ4n) is 3.52. The fourth-order valence-corrected chi connectivity index (χ4v) is 3.52. The number of benzene rings is 2. The molecule has 0 fully saturated rings. The summed E-state index contributed by atoms with van der Waals surface area (Å²) in [6.07, 6.45) is 0. The summed E-state index contributed by atoms with van der Waals surface area (Å²) in [4.78, 5) is 19.1. The maximum atomic E-state index is 15.1. The van der Waals surface area contributed by atoms with Crippen molar-refractivity contribution in [1.29, 1.82) is 5.26 Å². The Hall–Kier alpha value is -4.09. The van der Waals surface area contributed by atoms with E-state index in [4.69, 9.17) is 5.26 Å². The third kappa shape index (κ3) is 4.89. The molecule has 2 aromatic carbocycles. The number of fused-ring (bicyclic) bond motifs is 1. The van der Waals surface area contributed by atoms with Crippen LogP contribution in [0.25, 0.3) is 22.0 Å². The van der Waals surface area contributed by atoms with Crippen molar-refractivity contribution in [2.75, 3.05) is 32.5 Å². The zero-order valence-electron chi connectivity index (χ0n) is 18.4. The Morgan fingerprint density at radius 2 is 1.79 bits per heavy atom. The predicted molar refractivity (Wildman–Crippen MR) is 126 cm³/mol. The summed E-state index contributed by atoms with van der Waals surface area (Å²) in [7, 11) is 3.92. The van der Waals surface area contributed by atoms with E-state index in [9.17, 15) is 4.79 Å². The van der Waals surface area contributed by atoms with Crippen LogP contribution in [-0.2, 0) is 6.54 Å². The van der Waals surface area contributed by atoms with E-state index < -0.39 is 5.95 Å². The van der Waals surface area contributed by atoms with Crippen molar-refractivity contribution in [3.05, 3.63) is 88.1 Å². The number of pyridine rings is 1. The number of rotatable bonds is 7. The summed E-state index contributed by atoms with van der Waals surface area (Å²) >= 11 is 0. The number of nitriles is 1. The van der Waals surface area contributed by atoms with E-state index in [2.05, 4.69) is 21.5 Å². The molecule has 0 unspecified atom stereocenters. The minimum atomic E-state index is -0.661. The maximum absolute atomic E-state index is 15.1. The predicted octanol–water partition coefficient (Wildman–Crippen LogP) is 3.49. The molecule has 0 atom stereocenters. The molecule has 0 bridgehead atoms. The Bertz CT molecular complexity index is 1390. The molecule has 4 aromatic rings. The number of likely N-dealkylation sites (N-methyl/N-ethyl adjacent to an activating group) is 1. The maximum Gasteiger partial charge on any atom is 0.274 e. The van der Waals surface area contributed by atoms with Crippen LogP contribution in [-0.4, -0.2) is 46.8 Å². The largest absolute Gasteiger partial charge is 0.369 e. The molecule has 2 aromatic heterocycles. The molecule has 7 nitrogen and oxygen atoms in total. The molecule has 1 N–H and O–H groups in total. The van der Waals surface area contributed by atoms with Gasteiger partial charge in [-0.2, -0.15) is 14.8 Å². The van der Waals surface area contributed by atoms with Gasteiger partial charge in [0.1, 0.15) is 11.5 Å². The number of nitrogens with zero attached hydrogens (tertiary/aromatic N) is 5. The lowest BCUT2D eigenvalue weighted by atomic mass is 10.1. The summed E-state index contributed by atoms with van der Waals surface area (Å²) in [5, 5.41) is 17.6. The highest BCUT2D eigenvalue weighted by molar-refractivity contribution is 5.93. The van der Waals surface area contributed by atoms with Crippen LogP contribution >= 0.6 is 0 Å². The summed E-state index contributed by atoms with van der Waals surface area (Å²) in [6.45, 7) is 1.62. The van der Waals surface area contributed by atoms with Gasteiger partial charge in [0, 0.05) is 18.5 Å². The molecule has 0 radical (unpaired) electrons. The summed E-state index contributed by atoms with van der Waals surface area (Å²) in [5.41, 5.74) is 1.64. The minimum Gasteiger partial charge on any atom is -0.369 e. The molecule has 0 saturated heterocycles. The molecule has 8 heteroatoms. The van der Waals surface area contributed by atoms with Gasteiger partial charge in [0.2, 0.25) is 5.95 Å². The van der Waals surface area contributed by atoms with Crippen LogP contribution in [0.15, 0.2) is 65.5 Å². The Morgan fingerprint density at radius 1 is 1.06 bits per heavy atom. The molecular weight excluding hydrogens is 419 g/mol. The average Bonchev–Trinajstić information content (AvgIpc) is 2.82. The highest BCUT2D eigenvalue weighted by Crippen LogP contribution is 2.27. The first kappa shape index (κ1) is 22.1. The summed E-state index contributed by atoms with van der Waals surface area (Å²) < 4.78 is 16.4. The van der Waals surface area contributed by atoms with Crippen LogP contribution in [0.5, 0.6) is 0 Å². The first-order valence-corrected chi connectivity index (χ1v) is 10.5. The van der Waals surface area contributed by atoms with Gasteiger partial charge < -0.3 is 10.2 Å². The number of anilines is 1. The van der Waals surface area contributed by atoms with E-state index in [1.807, 2.05) is 19.0 Å². The van der Waals surface area contributed by atoms with Gasteiger partial charge in [-0.3, -0.25) is 4.79 Å². The highest BCUT2D eigenvalue weighted by atomic mass is 19.1. The standard InChI is InChI=1S/C25H23FN6O/c1-31(2)14-13-28-22-12-11-21(24(26)29-22)23-19-5-3-4-6-20(19)25(33)32(30-23)16-18-9-7-17(15-27)8-10-18/h3-12H,13-14,16H2,1-2H3,(H,28,29). The second-order valence-electron chi connectivity index (χ2n) is 7.93. The fraction of sp³-hybridized carbons (Fsp3) is 0.200. The molecule has 0 amide bonds. The topological polar surface area (TPSA) is 86.8 Å². The Balaban J connectivity index is 1.75. The number of hydrogen-bond acceptors (Lipinski definition) is 6.